The van der Waals surface area contributed by atoms with Gasteiger partial charge in [-0.3, -0.25) is 14.4 Å². The number of aryl methyl sites for hydroxylation is 1. The smallest absolute Gasteiger partial charge is 0.231 e. The Labute approximate surface area is 227 Å². The highest BCUT2D eigenvalue weighted by atomic mass is 16.3. The Bertz CT molecular complexity index is 1490. The summed E-state index contributed by atoms with van der Waals surface area (Å²) in [6, 6.07) is 20.8. The van der Waals surface area contributed by atoms with Crippen LogP contribution in [-0.2, 0) is 31.4 Å². The first kappa shape index (κ1) is 24.8. The number of nitrogens with zero attached hydrogens (tertiary/aromatic N) is 5. The third-order valence-electron chi connectivity index (χ3n) is 7.51. The maximum absolute atomic E-state index is 13.8. The Morgan fingerprint density at radius 1 is 0.923 bits per heavy atom. The minimum absolute atomic E-state index is 0.0377. The molecule has 2 aliphatic rings. The van der Waals surface area contributed by atoms with Crippen LogP contribution in [0.5, 0.6) is 11.5 Å². The lowest BCUT2D eigenvalue weighted by Gasteiger charge is -2.37. The summed E-state index contributed by atoms with van der Waals surface area (Å²) in [4.78, 5) is 20.4. The van der Waals surface area contributed by atoms with E-state index < -0.39 is 0 Å². The standard InChI is InChI=1S/C30H32N6O3/c1-33-30-23(18-31-33)20-36(28-9-5-3-7-26(28)32-30)29(39)16-22-6-2-4-8-27(22)35-12-10-34(11-13-35)19-21-14-24(37)17-25(38)15-21/h2-9,14-15,17-18,32,37-38H,10-13,16,19-20H2,1H3. The van der Waals surface area contributed by atoms with Crippen molar-refractivity contribution in [3.63, 3.8) is 0 Å². The topological polar surface area (TPSA) is 97.1 Å². The SMILES string of the molecule is Cn1ncc2c1Nc1ccccc1N(C(=O)Cc1ccccc1N1CCN(Cc3cc(O)cc(O)c3)CC1)C2. The van der Waals surface area contributed by atoms with E-state index in [9.17, 15) is 15.0 Å². The number of piperazine rings is 1. The number of phenols is 2. The van der Waals surface area contributed by atoms with E-state index in [-0.39, 0.29) is 17.4 Å². The van der Waals surface area contributed by atoms with Crippen LogP contribution in [0.1, 0.15) is 16.7 Å². The van der Waals surface area contributed by atoms with Crippen molar-refractivity contribution in [2.75, 3.05) is 41.3 Å². The van der Waals surface area contributed by atoms with E-state index in [2.05, 4.69) is 26.3 Å². The lowest BCUT2D eigenvalue weighted by molar-refractivity contribution is -0.118. The molecule has 3 N–H and O–H groups in total. The number of phenolic OH excluding ortho intramolecular Hbond substituents is 2. The van der Waals surface area contributed by atoms with Gasteiger partial charge in [0.2, 0.25) is 5.91 Å². The normalized spacial score (nSPS) is 15.3. The van der Waals surface area contributed by atoms with Crippen LogP contribution >= 0.6 is 0 Å². The van der Waals surface area contributed by atoms with Crippen molar-refractivity contribution < 1.29 is 15.0 Å². The van der Waals surface area contributed by atoms with Crippen molar-refractivity contribution in [2.45, 2.75) is 19.5 Å². The second-order valence-electron chi connectivity index (χ2n) is 10.2. The number of aromatic nitrogens is 2. The number of aromatic hydroxyl groups is 2. The molecular weight excluding hydrogens is 492 g/mol. The first-order valence-electron chi connectivity index (χ1n) is 13.2. The van der Waals surface area contributed by atoms with Crippen molar-refractivity contribution in [3.05, 3.63) is 89.6 Å². The number of hydrogen-bond donors (Lipinski definition) is 3. The Morgan fingerprint density at radius 2 is 1.62 bits per heavy atom. The van der Waals surface area contributed by atoms with E-state index in [0.29, 0.717) is 19.5 Å². The summed E-state index contributed by atoms with van der Waals surface area (Å²) in [5.41, 5.74) is 5.71. The molecule has 200 valence electrons. The summed E-state index contributed by atoms with van der Waals surface area (Å²) in [7, 11) is 1.90. The molecule has 1 saturated heterocycles. The number of carbonyl (C=O) groups is 1. The van der Waals surface area contributed by atoms with Crippen molar-refractivity contribution in [1.82, 2.24) is 14.7 Å². The number of para-hydroxylation sites is 3. The van der Waals surface area contributed by atoms with Gasteiger partial charge in [-0.05, 0) is 41.5 Å². The van der Waals surface area contributed by atoms with Gasteiger partial charge in [-0.2, -0.15) is 5.10 Å². The molecule has 9 heteroatoms. The number of fused-ring (bicyclic) bond motifs is 2. The molecule has 4 aromatic rings. The molecular formula is C30H32N6O3. The highest BCUT2D eigenvalue weighted by molar-refractivity contribution is 5.99. The molecule has 0 saturated carbocycles. The van der Waals surface area contributed by atoms with Gasteiger partial charge in [-0.25, -0.2) is 0 Å². The van der Waals surface area contributed by atoms with Gasteiger partial charge in [-0.15, -0.1) is 0 Å². The predicted octanol–water partition coefficient (Wildman–Crippen LogP) is 3.99. The molecule has 3 aromatic carbocycles. The van der Waals surface area contributed by atoms with E-state index in [0.717, 1.165) is 65.7 Å². The van der Waals surface area contributed by atoms with Gasteiger partial charge in [0, 0.05) is 57.1 Å². The first-order chi connectivity index (χ1) is 18.9. The van der Waals surface area contributed by atoms with Crippen LogP contribution in [0.3, 0.4) is 0 Å². The summed E-state index contributed by atoms with van der Waals surface area (Å²) in [5.74, 6) is 1.09. The molecule has 0 unspecified atom stereocenters. The molecule has 6 rings (SSSR count). The number of nitrogens with one attached hydrogen (secondary N) is 1. The number of anilines is 4. The van der Waals surface area contributed by atoms with Crippen molar-refractivity contribution >= 4 is 28.8 Å². The Morgan fingerprint density at radius 3 is 2.38 bits per heavy atom. The lowest BCUT2D eigenvalue weighted by atomic mass is 10.1. The highest BCUT2D eigenvalue weighted by Gasteiger charge is 2.27. The molecule has 2 aliphatic heterocycles. The second-order valence-corrected chi connectivity index (χ2v) is 10.2. The largest absolute Gasteiger partial charge is 0.508 e. The Balaban J connectivity index is 1.18. The molecule has 9 nitrogen and oxygen atoms in total. The van der Waals surface area contributed by atoms with Gasteiger partial charge in [-0.1, -0.05) is 30.3 Å². The number of rotatable bonds is 5. The summed E-state index contributed by atoms with van der Waals surface area (Å²) in [5, 5.41) is 27.5. The maximum atomic E-state index is 13.8. The van der Waals surface area contributed by atoms with E-state index in [4.69, 9.17) is 0 Å². The molecule has 1 aromatic heterocycles. The third-order valence-corrected chi connectivity index (χ3v) is 7.51. The highest BCUT2D eigenvalue weighted by Crippen LogP contribution is 2.36. The van der Waals surface area contributed by atoms with Crippen LogP contribution in [0.2, 0.25) is 0 Å². The van der Waals surface area contributed by atoms with Crippen LogP contribution in [0.25, 0.3) is 0 Å². The fourth-order valence-corrected chi connectivity index (χ4v) is 5.56. The fraction of sp³-hybridized carbons (Fsp3) is 0.267. The molecule has 0 radical (unpaired) electrons. The maximum Gasteiger partial charge on any atom is 0.231 e. The van der Waals surface area contributed by atoms with Crippen molar-refractivity contribution in [2.24, 2.45) is 7.05 Å². The number of benzene rings is 3. The molecule has 1 amide bonds. The molecule has 0 spiro atoms. The average Bonchev–Trinajstić information content (AvgIpc) is 3.16. The van der Waals surface area contributed by atoms with Crippen LogP contribution in [-0.4, -0.2) is 57.0 Å². The van der Waals surface area contributed by atoms with Crippen LogP contribution in [0, 0.1) is 0 Å². The van der Waals surface area contributed by atoms with E-state index in [1.165, 1.54) is 6.07 Å². The number of amides is 1. The van der Waals surface area contributed by atoms with Gasteiger partial charge in [0.05, 0.1) is 30.5 Å². The zero-order chi connectivity index (χ0) is 26.9. The Kier molecular flexibility index (Phi) is 6.58. The summed E-state index contributed by atoms with van der Waals surface area (Å²) in [6.07, 6.45) is 2.11. The molecule has 1 fully saturated rings. The summed E-state index contributed by atoms with van der Waals surface area (Å²) >= 11 is 0. The van der Waals surface area contributed by atoms with Crippen LogP contribution in [0.4, 0.5) is 22.9 Å². The van der Waals surface area contributed by atoms with E-state index in [1.54, 1.807) is 16.8 Å². The van der Waals surface area contributed by atoms with Gasteiger partial charge in [0.25, 0.3) is 0 Å². The molecule has 0 bridgehead atoms. The Hall–Kier alpha value is -4.50. The zero-order valence-corrected chi connectivity index (χ0v) is 21.9. The quantitative estimate of drug-likeness (QED) is 0.363. The third kappa shape index (κ3) is 5.13. The van der Waals surface area contributed by atoms with Crippen molar-refractivity contribution in [3.8, 4) is 11.5 Å². The average molecular weight is 525 g/mol. The molecule has 39 heavy (non-hydrogen) atoms. The molecule has 0 atom stereocenters. The molecule has 3 heterocycles. The van der Waals surface area contributed by atoms with E-state index in [1.807, 2.05) is 60.6 Å². The fourth-order valence-electron chi connectivity index (χ4n) is 5.56. The minimum atomic E-state index is 0.0377. The second kappa shape index (κ2) is 10.3. The zero-order valence-electron chi connectivity index (χ0n) is 21.9. The monoisotopic (exact) mass is 524 g/mol. The molecule has 0 aliphatic carbocycles. The van der Waals surface area contributed by atoms with E-state index >= 15 is 0 Å². The van der Waals surface area contributed by atoms with Crippen LogP contribution < -0.4 is 15.1 Å². The van der Waals surface area contributed by atoms with Gasteiger partial charge in [0.1, 0.15) is 17.3 Å². The predicted molar refractivity (Wildman–Crippen MR) is 152 cm³/mol. The van der Waals surface area contributed by atoms with Crippen molar-refractivity contribution in [1.29, 1.82) is 0 Å². The summed E-state index contributed by atoms with van der Waals surface area (Å²) < 4.78 is 1.80. The summed E-state index contributed by atoms with van der Waals surface area (Å²) in [6.45, 7) is 4.45. The van der Waals surface area contributed by atoms with Gasteiger partial charge in [0.15, 0.2) is 0 Å². The lowest BCUT2D eigenvalue weighted by Crippen LogP contribution is -2.46. The number of carbonyl (C=O) groups excluding carboxylic acids is 1. The minimum Gasteiger partial charge on any atom is -0.508 e. The first-order valence-corrected chi connectivity index (χ1v) is 13.2. The number of hydrogen-bond acceptors (Lipinski definition) is 7. The van der Waals surface area contributed by atoms with Gasteiger partial charge >= 0.3 is 0 Å². The van der Waals surface area contributed by atoms with Crippen LogP contribution in [0.15, 0.2) is 72.9 Å². The van der Waals surface area contributed by atoms with Gasteiger partial charge < -0.3 is 25.3 Å².